The zero-order valence-electron chi connectivity index (χ0n) is 8.60. The van der Waals surface area contributed by atoms with E-state index in [1.807, 2.05) is 0 Å². The molecule has 0 aromatic heterocycles. The smallest absolute Gasteiger partial charge is 0.0312 e. The summed E-state index contributed by atoms with van der Waals surface area (Å²) in [7, 11) is 0. The second kappa shape index (κ2) is 1.62. The molecule has 14 heavy (non-hydrogen) atoms. The highest BCUT2D eigenvalue weighted by Gasteiger charge is 2.82. The van der Waals surface area contributed by atoms with Gasteiger partial charge in [0.25, 0.3) is 0 Å². The zero-order valence-corrected chi connectivity index (χ0v) is 8.60. The fourth-order valence-electron chi connectivity index (χ4n) is 7.28. The monoisotopic (exact) mass is 186 g/mol. The minimum Gasteiger partial charge on any atom is -0.0496 e. The molecule has 0 radical (unpaired) electrons. The molecule has 0 amide bonds. The third kappa shape index (κ3) is 0.378. The molecule has 0 bridgehead atoms. The molecule has 2 unspecified atom stereocenters. The molecule has 74 valence electrons. The third-order valence-electron chi connectivity index (χ3n) is 7.86. The van der Waals surface area contributed by atoms with Crippen molar-refractivity contribution in [2.45, 2.75) is 25.7 Å². The lowest BCUT2D eigenvalue weighted by atomic mass is 9.17. The summed E-state index contributed by atoms with van der Waals surface area (Å²) < 4.78 is 0. The standard InChI is InChI=1S/C14H18/c1-2-6-5(1)9-10(6)14-12-8-4-3-7(8)11(12)13(9)14/h5-14H,1-4H2/t5-,6+,7+,8-,9-,10+,11+,12-,13?,14?. The zero-order chi connectivity index (χ0) is 8.60. The Morgan fingerprint density at radius 2 is 0.643 bits per heavy atom. The molecule has 0 heterocycles. The van der Waals surface area contributed by atoms with Crippen LogP contribution in [0, 0.1) is 59.2 Å². The van der Waals surface area contributed by atoms with Gasteiger partial charge in [-0.2, -0.15) is 0 Å². The molecule has 6 aliphatic carbocycles. The Hall–Kier alpha value is 0. The highest BCUT2D eigenvalue weighted by molar-refractivity contribution is 5.30. The van der Waals surface area contributed by atoms with E-state index in [9.17, 15) is 0 Å². The minimum absolute atomic E-state index is 1.27. The SMILES string of the molecule is C1C[C@H]2[C@@H]1[C@H]1C3C([C@@H]4[C@@H]5CC[C@@H]5[C@H]34)[C@@H]21. The third-order valence-corrected chi connectivity index (χ3v) is 7.86. The second-order valence-corrected chi connectivity index (χ2v) is 7.27. The van der Waals surface area contributed by atoms with E-state index in [0.717, 1.165) is 0 Å². The van der Waals surface area contributed by atoms with Crippen LogP contribution in [0.2, 0.25) is 0 Å². The van der Waals surface area contributed by atoms with Gasteiger partial charge >= 0.3 is 0 Å². The molecular formula is C14H18. The molecule has 0 nitrogen and oxygen atoms in total. The normalized spacial score (nSPS) is 84.0. The first-order chi connectivity index (χ1) is 6.97. The molecular weight excluding hydrogens is 168 g/mol. The van der Waals surface area contributed by atoms with E-state index in [4.69, 9.17) is 0 Å². The van der Waals surface area contributed by atoms with Crippen molar-refractivity contribution in [3.05, 3.63) is 0 Å². The van der Waals surface area contributed by atoms with E-state index in [0.29, 0.717) is 0 Å². The van der Waals surface area contributed by atoms with Crippen molar-refractivity contribution in [3.8, 4) is 0 Å². The van der Waals surface area contributed by atoms with Crippen molar-refractivity contribution in [2.75, 3.05) is 0 Å². The predicted octanol–water partition coefficient (Wildman–Crippen LogP) is 2.79. The van der Waals surface area contributed by atoms with Crippen LogP contribution >= 0.6 is 0 Å². The summed E-state index contributed by atoms with van der Waals surface area (Å²) in [5, 5.41) is 0. The van der Waals surface area contributed by atoms with Crippen LogP contribution in [0.15, 0.2) is 0 Å². The quantitative estimate of drug-likeness (QED) is 0.510. The summed E-state index contributed by atoms with van der Waals surface area (Å²) in [6, 6.07) is 0. The fourth-order valence-corrected chi connectivity index (χ4v) is 7.28. The Bertz CT molecular complexity index is 280. The van der Waals surface area contributed by atoms with Gasteiger partial charge < -0.3 is 0 Å². The Kier molecular flexibility index (Phi) is 0.758. The van der Waals surface area contributed by atoms with Gasteiger partial charge in [0.05, 0.1) is 0 Å². The fraction of sp³-hybridized carbons (Fsp3) is 1.00. The summed E-state index contributed by atoms with van der Waals surface area (Å²) in [5.74, 6) is 12.8. The van der Waals surface area contributed by atoms with Crippen molar-refractivity contribution in [3.63, 3.8) is 0 Å². The van der Waals surface area contributed by atoms with E-state index in [1.54, 1.807) is 25.7 Å². The van der Waals surface area contributed by atoms with Gasteiger partial charge in [-0.1, -0.05) is 0 Å². The lowest BCUT2D eigenvalue weighted by molar-refractivity contribution is -0.408. The van der Waals surface area contributed by atoms with Gasteiger partial charge in [-0.15, -0.1) is 0 Å². The lowest BCUT2D eigenvalue weighted by Gasteiger charge is -2.88. The van der Waals surface area contributed by atoms with E-state index >= 15 is 0 Å². The van der Waals surface area contributed by atoms with Crippen molar-refractivity contribution < 1.29 is 0 Å². The highest BCUT2D eigenvalue weighted by atomic mass is 14.9. The largest absolute Gasteiger partial charge is 0.0496 e. The summed E-state index contributed by atoms with van der Waals surface area (Å²) in [6.07, 6.45) is 6.50. The number of hydrogen-bond acceptors (Lipinski definition) is 0. The Morgan fingerprint density at radius 3 is 0.857 bits per heavy atom. The van der Waals surface area contributed by atoms with Crippen molar-refractivity contribution in [2.24, 2.45) is 59.2 Å². The van der Waals surface area contributed by atoms with Crippen LogP contribution in [0.4, 0.5) is 0 Å². The summed E-state index contributed by atoms with van der Waals surface area (Å²) >= 11 is 0. The van der Waals surface area contributed by atoms with Crippen LogP contribution in [0.25, 0.3) is 0 Å². The average Bonchev–Trinajstić information content (AvgIpc) is 2.10. The molecule has 0 saturated heterocycles. The van der Waals surface area contributed by atoms with Crippen LogP contribution in [0.5, 0.6) is 0 Å². The van der Waals surface area contributed by atoms with Crippen LogP contribution < -0.4 is 0 Å². The molecule has 0 N–H and O–H groups in total. The maximum atomic E-state index is 1.63. The van der Waals surface area contributed by atoms with Crippen LogP contribution in [-0.4, -0.2) is 0 Å². The molecule has 6 rings (SSSR count). The van der Waals surface area contributed by atoms with Crippen molar-refractivity contribution in [1.29, 1.82) is 0 Å². The molecule has 6 saturated carbocycles. The van der Waals surface area contributed by atoms with Gasteiger partial charge in [-0.05, 0) is 84.9 Å². The number of hydrogen-bond donors (Lipinski definition) is 0. The van der Waals surface area contributed by atoms with Gasteiger partial charge in [0.2, 0.25) is 0 Å². The van der Waals surface area contributed by atoms with Gasteiger partial charge in [-0.3, -0.25) is 0 Å². The van der Waals surface area contributed by atoms with Crippen LogP contribution in [0.3, 0.4) is 0 Å². The van der Waals surface area contributed by atoms with E-state index in [2.05, 4.69) is 0 Å². The molecule has 0 aromatic rings. The molecule has 6 fully saturated rings. The Labute approximate surface area is 85.4 Å². The first-order valence-corrected chi connectivity index (χ1v) is 6.97. The first-order valence-electron chi connectivity index (χ1n) is 6.97. The summed E-state index contributed by atoms with van der Waals surface area (Å²) in [6.45, 7) is 0. The molecule has 6 aliphatic rings. The summed E-state index contributed by atoms with van der Waals surface area (Å²) in [4.78, 5) is 0. The Morgan fingerprint density at radius 1 is 0.357 bits per heavy atom. The average molecular weight is 186 g/mol. The first kappa shape index (κ1) is 6.55. The lowest BCUT2D eigenvalue weighted by Crippen LogP contribution is -2.84. The number of fused-ring (bicyclic) bond motifs is 13. The van der Waals surface area contributed by atoms with Crippen LogP contribution in [-0.2, 0) is 0 Å². The molecule has 0 spiro atoms. The Balaban J connectivity index is 1.39. The molecule has 0 heteroatoms. The maximum Gasteiger partial charge on any atom is -0.0312 e. The molecule has 0 aliphatic heterocycles. The number of rotatable bonds is 0. The second-order valence-electron chi connectivity index (χ2n) is 7.27. The topological polar surface area (TPSA) is 0 Å². The summed E-state index contributed by atoms with van der Waals surface area (Å²) in [5.41, 5.74) is 0. The highest BCUT2D eigenvalue weighted by Crippen LogP contribution is 2.87. The van der Waals surface area contributed by atoms with Gasteiger partial charge in [-0.25, -0.2) is 0 Å². The van der Waals surface area contributed by atoms with Crippen molar-refractivity contribution >= 4 is 0 Å². The van der Waals surface area contributed by atoms with Crippen molar-refractivity contribution in [1.82, 2.24) is 0 Å². The van der Waals surface area contributed by atoms with Gasteiger partial charge in [0.15, 0.2) is 0 Å². The molecule has 0 aromatic carbocycles. The van der Waals surface area contributed by atoms with E-state index in [-0.39, 0.29) is 0 Å². The van der Waals surface area contributed by atoms with Gasteiger partial charge in [0, 0.05) is 0 Å². The van der Waals surface area contributed by atoms with Gasteiger partial charge in [0.1, 0.15) is 0 Å². The molecule has 10 atom stereocenters. The minimum atomic E-state index is 1.27. The van der Waals surface area contributed by atoms with E-state index < -0.39 is 0 Å². The van der Waals surface area contributed by atoms with E-state index in [1.165, 1.54) is 59.2 Å². The van der Waals surface area contributed by atoms with Crippen LogP contribution in [0.1, 0.15) is 25.7 Å². The predicted molar refractivity (Wildman–Crippen MR) is 53.4 cm³/mol. The maximum absolute atomic E-state index is 1.63.